The second-order valence-electron chi connectivity index (χ2n) is 5.14. The van der Waals surface area contributed by atoms with Gasteiger partial charge in [-0.2, -0.15) is 0 Å². The molecule has 0 amide bonds. The smallest absolute Gasteiger partial charge is 0.313 e. The molecule has 1 saturated heterocycles. The summed E-state index contributed by atoms with van der Waals surface area (Å²) in [5.41, 5.74) is 5.06. The van der Waals surface area contributed by atoms with Gasteiger partial charge in [0.15, 0.2) is 6.33 Å². The molecule has 3 heterocycles. The van der Waals surface area contributed by atoms with E-state index < -0.39 is 44.5 Å². The Kier molecular flexibility index (Phi) is 5.27. The summed E-state index contributed by atoms with van der Waals surface area (Å²) in [5.74, 6) is -0.165. The van der Waals surface area contributed by atoms with E-state index in [2.05, 4.69) is 19.5 Å². The van der Waals surface area contributed by atoms with Gasteiger partial charge in [-0.15, -0.1) is 0 Å². The number of hydrogen-bond donors (Lipinski definition) is 6. The topological polar surface area (TPSA) is 242 Å². The van der Waals surface area contributed by atoms with E-state index in [1.54, 1.807) is 0 Å². The van der Waals surface area contributed by atoms with Crippen LogP contribution in [0.3, 0.4) is 0 Å². The highest BCUT2D eigenvalue weighted by Gasteiger charge is 2.47. The molecule has 0 radical (unpaired) electrons. The van der Waals surface area contributed by atoms with Crippen LogP contribution in [0.5, 0.6) is 0 Å². The first-order valence-corrected chi connectivity index (χ1v) is 8.15. The highest BCUT2D eigenvalue weighted by atomic mass is 31.2. The van der Waals surface area contributed by atoms with Crippen molar-refractivity contribution in [3.05, 3.63) is 16.7 Å². The number of aliphatic hydroxyl groups excluding tert-OH is 2. The molecule has 2 aromatic heterocycles. The molecule has 14 nitrogen and oxygen atoms in total. The van der Waals surface area contributed by atoms with Crippen LogP contribution in [0.15, 0.2) is 11.1 Å². The van der Waals surface area contributed by atoms with E-state index in [0.29, 0.717) is 0 Å². The van der Waals surface area contributed by atoms with Crippen molar-refractivity contribution in [2.45, 2.75) is 24.5 Å². The average molecular weight is 381 g/mol. The number of aromatic amines is 2. The molecule has 0 aliphatic carbocycles. The molecule has 1 aliphatic rings. The second kappa shape index (κ2) is 6.78. The van der Waals surface area contributed by atoms with Crippen LogP contribution in [0.2, 0.25) is 0 Å². The molecule has 1 fully saturated rings. The fourth-order valence-corrected chi connectivity index (χ4v) is 2.78. The van der Waals surface area contributed by atoms with E-state index in [1.807, 2.05) is 0 Å². The Labute approximate surface area is 138 Å². The minimum atomic E-state index is -5.01. The van der Waals surface area contributed by atoms with Gasteiger partial charge in [0.1, 0.15) is 18.3 Å². The molecule has 140 valence electrons. The molecule has 9 N–H and O–H groups in total. The van der Waals surface area contributed by atoms with Crippen molar-refractivity contribution in [2.75, 3.05) is 12.3 Å². The lowest BCUT2D eigenvalue weighted by Gasteiger charge is -2.19. The zero-order chi connectivity index (χ0) is 17.6. The maximum atomic E-state index is 11.8. The fourth-order valence-electron chi connectivity index (χ4n) is 2.45. The van der Waals surface area contributed by atoms with Crippen LogP contribution in [-0.2, 0) is 13.8 Å². The van der Waals surface area contributed by atoms with Crippen LogP contribution in [0.25, 0.3) is 11.2 Å². The van der Waals surface area contributed by atoms with Crippen molar-refractivity contribution >= 4 is 24.9 Å². The lowest BCUT2D eigenvalue weighted by Crippen LogP contribution is -2.46. The number of fused-ring (bicyclic) bond motifs is 1. The lowest BCUT2D eigenvalue weighted by atomic mass is 10.1. The Morgan fingerprint density at radius 2 is 2.16 bits per heavy atom. The number of aromatic nitrogens is 4. The number of hydrogen-bond acceptors (Lipinski definition) is 9. The summed E-state index contributed by atoms with van der Waals surface area (Å²) in [5, 5.41) is 20.0. The molecule has 1 aliphatic heterocycles. The first-order chi connectivity index (χ1) is 11.2. The first-order valence-electron chi connectivity index (χ1n) is 6.65. The number of nitrogens with zero attached hydrogens (tertiary/aromatic N) is 2. The van der Waals surface area contributed by atoms with Crippen molar-refractivity contribution in [3.63, 3.8) is 0 Å². The summed E-state index contributed by atoms with van der Waals surface area (Å²) in [7, 11) is -5.01. The summed E-state index contributed by atoms with van der Waals surface area (Å²) < 4.78 is 21.4. The number of nitrogen functional groups attached to an aromatic ring is 1. The van der Waals surface area contributed by atoms with Gasteiger partial charge in [-0.1, -0.05) is 4.98 Å². The highest BCUT2D eigenvalue weighted by molar-refractivity contribution is 7.44. The number of anilines is 1. The Hall–Kier alpha value is -1.90. The van der Waals surface area contributed by atoms with E-state index in [4.69, 9.17) is 15.4 Å². The Morgan fingerprint density at radius 1 is 1.48 bits per heavy atom. The van der Waals surface area contributed by atoms with E-state index in [-0.39, 0.29) is 22.6 Å². The highest BCUT2D eigenvalue weighted by Crippen LogP contribution is 2.33. The van der Waals surface area contributed by atoms with E-state index in [9.17, 15) is 24.5 Å². The number of aliphatic hydroxyl groups is 2. The van der Waals surface area contributed by atoms with Crippen LogP contribution in [0.4, 0.5) is 5.95 Å². The normalized spacial score (nSPS) is 28.6. The maximum absolute atomic E-state index is 11.8. The van der Waals surface area contributed by atoms with Gasteiger partial charge in [0.25, 0.3) is 19.3 Å². The van der Waals surface area contributed by atoms with Gasteiger partial charge < -0.3 is 40.5 Å². The third-order valence-corrected chi connectivity index (χ3v) is 4.00. The maximum Gasteiger partial charge on any atom is 0.313 e. The van der Waals surface area contributed by atoms with Crippen LogP contribution < -0.4 is 20.8 Å². The molecular weight excluding hydrogens is 365 g/mol. The standard InChI is InChI=1S/C10H14N5O8P.H2O/c11-10-13-7-4(8(18)14-10)12-2-15(7)9-6(17)5(16)3(23-9)1-22-24(19,20)21;/h2-3,5-6,9,16-17H,1H2,(H5,11,13,14,18,19,20,21);1H2. The van der Waals surface area contributed by atoms with Gasteiger partial charge in [-0.25, -0.2) is 4.57 Å². The fraction of sp³-hybridized carbons (Fsp3) is 0.500. The third-order valence-electron chi connectivity index (χ3n) is 3.52. The van der Waals surface area contributed by atoms with Crippen LogP contribution in [0.1, 0.15) is 6.23 Å². The monoisotopic (exact) mass is 381 g/mol. The lowest BCUT2D eigenvalue weighted by molar-refractivity contribution is -0.745. The van der Waals surface area contributed by atoms with E-state index in [0.717, 1.165) is 0 Å². The van der Waals surface area contributed by atoms with Gasteiger partial charge >= 0.3 is 5.65 Å². The summed E-state index contributed by atoms with van der Waals surface area (Å²) in [6.45, 7) is -0.703. The largest absolute Gasteiger partial charge is 0.756 e. The minimum Gasteiger partial charge on any atom is -0.756 e. The number of nitrogens with one attached hydrogen (secondary N) is 2. The number of phosphoric acid groups is 1. The van der Waals surface area contributed by atoms with Crippen molar-refractivity contribution in [1.29, 1.82) is 0 Å². The van der Waals surface area contributed by atoms with Crippen LogP contribution >= 0.6 is 7.82 Å². The molecule has 3 rings (SSSR count). The van der Waals surface area contributed by atoms with E-state index in [1.165, 1.54) is 10.9 Å². The molecule has 25 heavy (non-hydrogen) atoms. The third kappa shape index (κ3) is 3.70. The predicted octanol–water partition coefficient (Wildman–Crippen LogP) is -4.61. The number of nitrogens with two attached hydrogens (primary N) is 1. The number of H-pyrrole nitrogens is 2. The van der Waals surface area contributed by atoms with Crippen molar-refractivity contribution < 1.29 is 43.9 Å². The van der Waals surface area contributed by atoms with Crippen molar-refractivity contribution in [3.8, 4) is 0 Å². The molecule has 2 aromatic rings. The molecule has 0 saturated carbocycles. The molecule has 5 unspecified atom stereocenters. The van der Waals surface area contributed by atoms with Gasteiger partial charge in [-0.05, 0) is 0 Å². The number of rotatable bonds is 4. The summed E-state index contributed by atoms with van der Waals surface area (Å²) >= 11 is 0. The Morgan fingerprint density at radius 3 is 2.80 bits per heavy atom. The molecule has 15 heteroatoms. The molecular formula is C10H16N5O9P. The second-order valence-corrected chi connectivity index (χ2v) is 6.34. The summed E-state index contributed by atoms with van der Waals surface area (Å²) in [6.07, 6.45) is -4.13. The van der Waals surface area contributed by atoms with Gasteiger partial charge in [0.05, 0.1) is 6.61 Å². The zero-order valence-electron chi connectivity index (χ0n) is 12.4. The quantitative estimate of drug-likeness (QED) is 0.218. The first kappa shape index (κ1) is 19.4. The summed E-state index contributed by atoms with van der Waals surface area (Å²) in [6, 6.07) is 0. The molecule has 5 atom stereocenters. The van der Waals surface area contributed by atoms with Crippen molar-refractivity contribution in [2.24, 2.45) is 0 Å². The molecule has 0 bridgehead atoms. The SMILES string of the molecule is Nc1nc2c([nH]c[n+]2C2OC(COP(=O)([O-])O)C(O)C2O)c(=O)[nH]1.O. The minimum absolute atomic E-state index is 0. The van der Waals surface area contributed by atoms with E-state index >= 15 is 0 Å². The predicted molar refractivity (Wildman–Crippen MR) is 76.6 cm³/mol. The Bertz CT molecular complexity index is 862. The average Bonchev–Trinajstić information content (AvgIpc) is 3.00. The zero-order valence-corrected chi connectivity index (χ0v) is 13.3. The van der Waals surface area contributed by atoms with Crippen LogP contribution in [-0.4, -0.2) is 60.5 Å². The van der Waals surface area contributed by atoms with Gasteiger partial charge in [0, 0.05) is 0 Å². The Balaban J connectivity index is 0.00000225. The number of ether oxygens (including phenoxy) is 1. The van der Waals surface area contributed by atoms with Crippen LogP contribution in [0, 0.1) is 0 Å². The number of phosphoric ester groups is 1. The van der Waals surface area contributed by atoms with Crippen molar-refractivity contribution in [1.82, 2.24) is 15.0 Å². The molecule has 0 spiro atoms. The van der Waals surface area contributed by atoms with Gasteiger partial charge in [-0.3, -0.25) is 19.3 Å². The number of imidazole rings is 1. The summed E-state index contributed by atoms with van der Waals surface area (Å²) in [4.78, 5) is 39.8. The molecule has 0 aromatic carbocycles. The van der Waals surface area contributed by atoms with Gasteiger partial charge in [0.2, 0.25) is 11.7 Å².